The SMILES string of the molecule is Cn1cc(C(=O)NCC2(C(=O)O)CCOCC2)c2ccccc21. The van der Waals surface area contributed by atoms with Crippen LogP contribution in [0.2, 0.25) is 0 Å². The Morgan fingerprint density at radius 2 is 2.00 bits per heavy atom. The highest BCUT2D eigenvalue weighted by molar-refractivity contribution is 6.07. The summed E-state index contributed by atoms with van der Waals surface area (Å²) >= 11 is 0. The van der Waals surface area contributed by atoms with Crippen LogP contribution in [0.1, 0.15) is 23.2 Å². The number of rotatable bonds is 4. The minimum Gasteiger partial charge on any atom is -0.481 e. The summed E-state index contributed by atoms with van der Waals surface area (Å²) in [5.41, 5.74) is 0.603. The predicted molar refractivity (Wildman–Crippen MR) is 85.4 cm³/mol. The molecule has 2 N–H and O–H groups in total. The number of hydrogen-bond acceptors (Lipinski definition) is 3. The first-order valence-electron chi connectivity index (χ1n) is 7.67. The molecule has 6 heteroatoms. The van der Waals surface area contributed by atoms with Crippen LogP contribution in [0, 0.1) is 5.41 Å². The van der Waals surface area contributed by atoms with Crippen LogP contribution < -0.4 is 5.32 Å². The summed E-state index contributed by atoms with van der Waals surface area (Å²) in [6, 6.07) is 7.65. The third kappa shape index (κ3) is 2.82. The first-order chi connectivity index (χ1) is 11.0. The largest absolute Gasteiger partial charge is 0.481 e. The van der Waals surface area contributed by atoms with Crippen molar-refractivity contribution in [1.29, 1.82) is 0 Å². The fourth-order valence-electron chi connectivity index (χ4n) is 3.10. The Labute approximate surface area is 134 Å². The van der Waals surface area contributed by atoms with Gasteiger partial charge in [0.1, 0.15) is 0 Å². The highest BCUT2D eigenvalue weighted by Gasteiger charge is 2.40. The van der Waals surface area contributed by atoms with Gasteiger partial charge in [-0.2, -0.15) is 0 Å². The van der Waals surface area contributed by atoms with Crippen molar-refractivity contribution in [1.82, 2.24) is 9.88 Å². The molecule has 23 heavy (non-hydrogen) atoms. The Balaban J connectivity index is 1.79. The number of para-hydroxylation sites is 1. The van der Waals surface area contributed by atoms with E-state index in [1.165, 1.54) is 0 Å². The van der Waals surface area contributed by atoms with Gasteiger partial charge in [-0.3, -0.25) is 9.59 Å². The van der Waals surface area contributed by atoms with Crippen molar-refractivity contribution in [3.63, 3.8) is 0 Å². The molecule has 1 amide bonds. The van der Waals surface area contributed by atoms with E-state index < -0.39 is 11.4 Å². The van der Waals surface area contributed by atoms with Gasteiger partial charge in [0.15, 0.2) is 0 Å². The molecule has 2 heterocycles. The molecular weight excluding hydrogens is 296 g/mol. The predicted octanol–water partition coefficient (Wildman–Crippen LogP) is 1.79. The number of aliphatic carboxylic acids is 1. The van der Waals surface area contributed by atoms with Crippen LogP contribution in [0.15, 0.2) is 30.5 Å². The van der Waals surface area contributed by atoms with E-state index in [0.29, 0.717) is 31.6 Å². The van der Waals surface area contributed by atoms with E-state index in [2.05, 4.69) is 5.32 Å². The van der Waals surface area contributed by atoms with Gasteiger partial charge in [-0.25, -0.2) is 0 Å². The average Bonchev–Trinajstić information content (AvgIpc) is 2.91. The number of carbonyl (C=O) groups excluding carboxylic acids is 1. The number of carboxylic acid groups (broad SMARTS) is 1. The molecule has 2 aromatic rings. The summed E-state index contributed by atoms with van der Waals surface area (Å²) in [6.45, 7) is 0.945. The van der Waals surface area contributed by atoms with E-state index in [1.54, 1.807) is 6.20 Å². The van der Waals surface area contributed by atoms with E-state index in [0.717, 1.165) is 10.9 Å². The molecule has 0 bridgehead atoms. The lowest BCUT2D eigenvalue weighted by Gasteiger charge is -2.33. The molecule has 0 radical (unpaired) electrons. The van der Waals surface area contributed by atoms with Crippen LogP contribution >= 0.6 is 0 Å². The Bertz CT molecular complexity index is 744. The molecule has 0 saturated carbocycles. The molecule has 1 aromatic heterocycles. The number of nitrogens with one attached hydrogen (secondary N) is 1. The number of aryl methyl sites for hydroxylation is 1. The van der Waals surface area contributed by atoms with Crippen LogP contribution in [0.3, 0.4) is 0 Å². The summed E-state index contributed by atoms with van der Waals surface area (Å²) in [7, 11) is 1.89. The number of hydrogen-bond donors (Lipinski definition) is 2. The van der Waals surface area contributed by atoms with E-state index in [4.69, 9.17) is 4.74 Å². The van der Waals surface area contributed by atoms with Crippen molar-refractivity contribution < 1.29 is 19.4 Å². The zero-order valence-corrected chi connectivity index (χ0v) is 13.0. The number of ether oxygens (including phenoxy) is 1. The summed E-state index contributed by atoms with van der Waals surface area (Å²) < 4.78 is 7.14. The molecule has 0 aliphatic carbocycles. The van der Waals surface area contributed by atoms with Crippen molar-refractivity contribution in [3.8, 4) is 0 Å². The molecule has 1 aromatic carbocycles. The zero-order valence-electron chi connectivity index (χ0n) is 13.0. The normalized spacial score (nSPS) is 17.1. The summed E-state index contributed by atoms with van der Waals surface area (Å²) in [5, 5.41) is 13.2. The van der Waals surface area contributed by atoms with Gasteiger partial charge < -0.3 is 19.7 Å². The zero-order chi connectivity index (χ0) is 16.4. The lowest BCUT2D eigenvalue weighted by Crippen LogP contribution is -2.46. The lowest BCUT2D eigenvalue weighted by atomic mass is 9.80. The third-order valence-electron chi connectivity index (χ3n) is 4.63. The second-order valence-corrected chi connectivity index (χ2v) is 6.05. The number of nitrogens with zero attached hydrogens (tertiary/aromatic N) is 1. The highest BCUT2D eigenvalue weighted by Crippen LogP contribution is 2.30. The molecule has 1 saturated heterocycles. The molecule has 0 spiro atoms. The molecule has 6 nitrogen and oxygen atoms in total. The van der Waals surface area contributed by atoms with Crippen LogP contribution in [-0.2, 0) is 16.6 Å². The van der Waals surface area contributed by atoms with Gasteiger partial charge in [0, 0.05) is 43.9 Å². The monoisotopic (exact) mass is 316 g/mol. The van der Waals surface area contributed by atoms with Crippen molar-refractivity contribution in [2.45, 2.75) is 12.8 Å². The minimum absolute atomic E-state index is 0.119. The van der Waals surface area contributed by atoms with E-state index in [9.17, 15) is 14.7 Å². The standard InChI is InChI=1S/C17H20N2O4/c1-19-10-13(12-4-2-3-5-14(12)19)15(20)18-11-17(16(21)22)6-8-23-9-7-17/h2-5,10H,6-9,11H2,1H3,(H,18,20)(H,21,22). The molecule has 122 valence electrons. The molecule has 1 fully saturated rings. The molecular formula is C17H20N2O4. The van der Waals surface area contributed by atoms with Gasteiger partial charge in [0.25, 0.3) is 5.91 Å². The lowest BCUT2D eigenvalue weighted by molar-refractivity contribution is -0.154. The number of amides is 1. The van der Waals surface area contributed by atoms with E-state index in [1.807, 2.05) is 35.9 Å². The quantitative estimate of drug-likeness (QED) is 0.901. The second-order valence-electron chi connectivity index (χ2n) is 6.05. The first-order valence-corrected chi connectivity index (χ1v) is 7.67. The van der Waals surface area contributed by atoms with Gasteiger partial charge in [-0.1, -0.05) is 18.2 Å². The van der Waals surface area contributed by atoms with Crippen LogP contribution in [0.25, 0.3) is 10.9 Å². The summed E-state index contributed by atoms with van der Waals surface area (Å²) in [5.74, 6) is -1.12. The van der Waals surface area contributed by atoms with Crippen LogP contribution in [0.4, 0.5) is 0 Å². The molecule has 3 rings (SSSR count). The van der Waals surface area contributed by atoms with Crippen LogP contribution in [-0.4, -0.2) is 41.3 Å². The maximum absolute atomic E-state index is 12.5. The third-order valence-corrected chi connectivity index (χ3v) is 4.63. The first kappa shape index (κ1) is 15.6. The fourth-order valence-corrected chi connectivity index (χ4v) is 3.10. The maximum atomic E-state index is 12.5. The van der Waals surface area contributed by atoms with Crippen molar-refractivity contribution in [2.24, 2.45) is 12.5 Å². The van der Waals surface area contributed by atoms with Gasteiger partial charge >= 0.3 is 5.97 Å². The van der Waals surface area contributed by atoms with Gasteiger partial charge in [-0.15, -0.1) is 0 Å². The second kappa shape index (κ2) is 6.04. The Hall–Kier alpha value is -2.34. The average molecular weight is 316 g/mol. The maximum Gasteiger partial charge on any atom is 0.311 e. The number of carbonyl (C=O) groups is 2. The van der Waals surface area contributed by atoms with Crippen molar-refractivity contribution >= 4 is 22.8 Å². The highest BCUT2D eigenvalue weighted by atomic mass is 16.5. The van der Waals surface area contributed by atoms with Crippen molar-refractivity contribution in [2.75, 3.05) is 19.8 Å². The number of carboxylic acids is 1. The topological polar surface area (TPSA) is 80.6 Å². The van der Waals surface area contributed by atoms with Gasteiger partial charge in [-0.05, 0) is 18.9 Å². The number of benzene rings is 1. The molecule has 0 atom stereocenters. The Morgan fingerprint density at radius 1 is 1.30 bits per heavy atom. The van der Waals surface area contributed by atoms with Crippen molar-refractivity contribution in [3.05, 3.63) is 36.0 Å². The molecule has 0 unspecified atom stereocenters. The number of fused-ring (bicyclic) bond motifs is 1. The number of aromatic nitrogens is 1. The molecule has 1 aliphatic heterocycles. The van der Waals surface area contributed by atoms with Gasteiger partial charge in [0.05, 0.1) is 11.0 Å². The molecule has 1 aliphatic rings. The summed E-state index contributed by atoms with van der Waals surface area (Å²) in [4.78, 5) is 24.2. The minimum atomic E-state index is -0.932. The Kier molecular flexibility index (Phi) is 4.09. The van der Waals surface area contributed by atoms with E-state index >= 15 is 0 Å². The van der Waals surface area contributed by atoms with E-state index in [-0.39, 0.29) is 12.5 Å². The van der Waals surface area contributed by atoms with Gasteiger partial charge in [0.2, 0.25) is 0 Å². The summed E-state index contributed by atoms with van der Waals surface area (Å²) in [6.07, 6.45) is 2.60. The Morgan fingerprint density at radius 3 is 2.70 bits per heavy atom. The fraction of sp³-hybridized carbons (Fsp3) is 0.412. The van der Waals surface area contributed by atoms with Crippen LogP contribution in [0.5, 0.6) is 0 Å². The smallest absolute Gasteiger partial charge is 0.311 e.